The quantitative estimate of drug-likeness (QED) is 0.670. The van der Waals surface area contributed by atoms with Crippen LogP contribution in [-0.2, 0) is 9.53 Å². The van der Waals surface area contributed by atoms with Gasteiger partial charge in [-0.2, -0.15) is 0 Å². The zero-order valence-corrected chi connectivity index (χ0v) is 8.63. The van der Waals surface area contributed by atoms with Crippen LogP contribution in [0.1, 0.15) is 26.7 Å². The fraction of sp³-hybridized carbons (Fsp3) is 0.875. The summed E-state index contributed by atoms with van der Waals surface area (Å²) < 4.78 is 5.33. The first-order chi connectivity index (χ1) is 5.41. The Morgan fingerprint density at radius 3 is 2.54 bits per heavy atom. The number of carboxylic acids is 1. The molecule has 1 rings (SSSR count). The van der Waals surface area contributed by atoms with Gasteiger partial charge < -0.3 is 15.6 Å². The maximum atomic E-state index is 10.6. The van der Waals surface area contributed by atoms with Crippen LogP contribution in [0, 0.1) is 0 Å². The third kappa shape index (κ3) is 3.50. The fourth-order valence-corrected chi connectivity index (χ4v) is 1.62. The first kappa shape index (κ1) is 12.7. The van der Waals surface area contributed by atoms with E-state index in [2.05, 4.69) is 0 Å². The molecule has 0 aromatic carbocycles. The van der Waals surface area contributed by atoms with Gasteiger partial charge >= 0.3 is 5.97 Å². The zero-order valence-electron chi connectivity index (χ0n) is 7.82. The molecule has 1 heterocycles. The molecule has 0 aromatic rings. The molecule has 1 aliphatic heterocycles. The van der Waals surface area contributed by atoms with Crippen LogP contribution in [0.15, 0.2) is 0 Å². The van der Waals surface area contributed by atoms with Crippen molar-refractivity contribution in [1.82, 2.24) is 0 Å². The summed E-state index contributed by atoms with van der Waals surface area (Å²) in [7, 11) is 0. The lowest BCUT2D eigenvalue weighted by Crippen LogP contribution is -2.48. The van der Waals surface area contributed by atoms with Crippen molar-refractivity contribution in [2.45, 2.75) is 44.4 Å². The van der Waals surface area contributed by atoms with E-state index in [1.54, 1.807) is 0 Å². The van der Waals surface area contributed by atoms with Crippen molar-refractivity contribution in [2.24, 2.45) is 5.73 Å². The minimum atomic E-state index is -0.918. The second-order valence-electron chi connectivity index (χ2n) is 3.90. The number of carboxylic acid groups (broad SMARTS) is 1. The number of nitrogens with two attached hydrogens (primary N) is 1. The topological polar surface area (TPSA) is 72.6 Å². The van der Waals surface area contributed by atoms with Crippen molar-refractivity contribution in [3.63, 3.8) is 0 Å². The van der Waals surface area contributed by atoms with Crippen molar-refractivity contribution in [3.05, 3.63) is 0 Å². The summed E-state index contributed by atoms with van der Waals surface area (Å²) in [6, 6.07) is -0.0603. The largest absolute Gasteiger partial charge is 0.479 e. The molecular weight excluding hydrogens is 194 g/mol. The highest BCUT2D eigenvalue weighted by atomic mass is 35.5. The summed E-state index contributed by atoms with van der Waals surface area (Å²) in [6.45, 7) is 3.73. The molecule has 0 spiro atoms. The van der Waals surface area contributed by atoms with E-state index in [0.717, 1.165) is 6.42 Å². The monoisotopic (exact) mass is 209 g/mol. The second-order valence-corrected chi connectivity index (χ2v) is 3.90. The van der Waals surface area contributed by atoms with Crippen LogP contribution >= 0.6 is 12.4 Å². The Labute approximate surface area is 83.9 Å². The lowest BCUT2D eigenvalue weighted by atomic mass is 9.91. The van der Waals surface area contributed by atoms with E-state index < -0.39 is 17.7 Å². The molecule has 1 saturated heterocycles. The molecule has 2 atom stereocenters. The Kier molecular flexibility index (Phi) is 4.16. The van der Waals surface area contributed by atoms with Gasteiger partial charge in [0.25, 0.3) is 0 Å². The van der Waals surface area contributed by atoms with Crippen LogP contribution in [0.4, 0.5) is 0 Å². The van der Waals surface area contributed by atoms with Crippen LogP contribution in [0.3, 0.4) is 0 Å². The van der Waals surface area contributed by atoms with Crippen molar-refractivity contribution in [1.29, 1.82) is 0 Å². The van der Waals surface area contributed by atoms with Crippen LogP contribution in [0.2, 0.25) is 0 Å². The Morgan fingerprint density at radius 2 is 2.15 bits per heavy atom. The van der Waals surface area contributed by atoms with E-state index in [-0.39, 0.29) is 18.4 Å². The Bertz CT molecular complexity index is 196. The van der Waals surface area contributed by atoms with E-state index in [9.17, 15) is 4.79 Å². The predicted molar refractivity (Wildman–Crippen MR) is 51.0 cm³/mol. The Morgan fingerprint density at radius 1 is 1.62 bits per heavy atom. The first-order valence-electron chi connectivity index (χ1n) is 4.07. The molecule has 1 fully saturated rings. The zero-order chi connectivity index (χ0) is 9.35. The number of hydrogen-bond donors (Lipinski definition) is 2. The number of ether oxygens (including phenoxy) is 1. The molecule has 2 unspecified atom stereocenters. The molecule has 78 valence electrons. The molecule has 1 aliphatic rings. The number of carbonyl (C=O) groups is 1. The molecule has 0 aliphatic carbocycles. The predicted octanol–water partition coefficient (Wildman–Crippen LogP) is 0.778. The molecule has 0 amide bonds. The van der Waals surface area contributed by atoms with Gasteiger partial charge in [0.15, 0.2) is 6.10 Å². The summed E-state index contributed by atoms with van der Waals surface area (Å²) >= 11 is 0. The highest BCUT2D eigenvalue weighted by Gasteiger charge is 2.36. The molecule has 13 heavy (non-hydrogen) atoms. The van der Waals surface area contributed by atoms with Gasteiger partial charge in [-0.3, -0.25) is 0 Å². The normalized spacial score (nSPS) is 31.9. The van der Waals surface area contributed by atoms with E-state index >= 15 is 0 Å². The molecule has 0 aromatic heterocycles. The van der Waals surface area contributed by atoms with E-state index in [1.165, 1.54) is 0 Å². The Hall–Kier alpha value is -0.320. The third-order valence-electron chi connectivity index (χ3n) is 2.01. The van der Waals surface area contributed by atoms with E-state index in [4.69, 9.17) is 15.6 Å². The van der Waals surface area contributed by atoms with Gasteiger partial charge in [-0.1, -0.05) is 0 Å². The molecule has 3 N–H and O–H groups in total. The van der Waals surface area contributed by atoms with E-state index in [0.29, 0.717) is 6.42 Å². The summed E-state index contributed by atoms with van der Waals surface area (Å²) in [6.07, 6.45) is 0.402. The lowest BCUT2D eigenvalue weighted by Gasteiger charge is -2.37. The minimum Gasteiger partial charge on any atom is -0.479 e. The first-order valence-corrected chi connectivity index (χ1v) is 4.07. The highest BCUT2D eigenvalue weighted by molar-refractivity contribution is 5.85. The minimum absolute atomic E-state index is 0. The maximum absolute atomic E-state index is 10.6. The average molecular weight is 210 g/mol. The Balaban J connectivity index is 0.00000144. The van der Waals surface area contributed by atoms with Crippen LogP contribution in [-0.4, -0.2) is 28.8 Å². The van der Waals surface area contributed by atoms with Gasteiger partial charge in [0.05, 0.1) is 5.60 Å². The third-order valence-corrected chi connectivity index (χ3v) is 2.01. The van der Waals surface area contributed by atoms with Gasteiger partial charge in [-0.15, -0.1) is 12.4 Å². The summed E-state index contributed by atoms with van der Waals surface area (Å²) in [5.74, 6) is -0.918. The van der Waals surface area contributed by atoms with Gasteiger partial charge in [0.2, 0.25) is 0 Å². The van der Waals surface area contributed by atoms with E-state index in [1.807, 2.05) is 13.8 Å². The molecule has 5 heteroatoms. The molecule has 0 radical (unpaired) electrons. The summed E-state index contributed by atoms with van der Waals surface area (Å²) in [4.78, 5) is 10.6. The van der Waals surface area contributed by atoms with Gasteiger partial charge in [0, 0.05) is 6.04 Å². The van der Waals surface area contributed by atoms with Gasteiger partial charge in [-0.25, -0.2) is 4.79 Å². The number of hydrogen-bond acceptors (Lipinski definition) is 3. The summed E-state index contributed by atoms with van der Waals surface area (Å²) in [5, 5.41) is 8.71. The maximum Gasteiger partial charge on any atom is 0.332 e. The van der Waals surface area contributed by atoms with Gasteiger partial charge in [-0.05, 0) is 26.7 Å². The van der Waals surface area contributed by atoms with Crippen LogP contribution in [0.5, 0.6) is 0 Å². The van der Waals surface area contributed by atoms with Crippen molar-refractivity contribution in [2.75, 3.05) is 0 Å². The fourth-order valence-electron chi connectivity index (χ4n) is 1.62. The summed E-state index contributed by atoms with van der Waals surface area (Å²) in [5.41, 5.74) is 5.29. The number of halogens is 1. The molecule has 0 bridgehead atoms. The lowest BCUT2D eigenvalue weighted by molar-refractivity contribution is -0.171. The molecular formula is C8H16ClNO3. The average Bonchev–Trinajstić information content (AvgIpc) is 1.82. The number of rotatable bonds is 1. The van der Waals surface area contributed by atoms with Crippen molar-refractivity contribution < 1.29 is 14.6 Å². The second kappa shape index (κ2) is 4.26. The smallest absolute Gasteiger partial charge is 0.332 e. The highest BCUT2D eigenvalue weighted by Crippen LogP contribution is 2.27. The van der Waals surface area contributed by atoms with Gasteiger partial charge in [0.1, 0.15) is 0 Å². The standard InChI is InChI=1S/C8H15NO3.ClH/c1-8(2)4-5(9)3-6(12-8)7(10)11;/h5-6H,3-4,9H2,1-2H3,(H,10,11);1H. The SMILES string of the molecule is CC1(C)CC(N)CC(C(=O)O)O1.Cl. The molecule has 0 saturated carbocycles. The number of aliphatic carboxylic acids is 1. The van der Waals surface area contributed by atoms with Crippen LogP contribution < -0.4 is 5.73 Å². The molecule has 4 nitrogen and oxygen atoms in total. The van der Waals surface area contributed by atoms with Crippen LogP contribution in [0.25, 0.3) is 0 Å². The van der Waals surface area contributed by atoms with Crippen molar-refractivity contribution >= 4 is 18.4 Å². The van der Waals surface area contributed by atoms with Crippen molar-refractivity contribution in [3.8, 4) is 0 Å².